The Balaban J connectivity index is 1.81. The van der Waals surface area contributed by atoms with Crippen LogP contribution in [0.15, 0.2) is 60.7 Å². The summed E-state index contributed by atoms with van der Waals surface area (Å²) < 4.78 is 0. The summed E-state index contributed by atoms with van der Waals surface area (Å²) >= 11 is 5.93. The van der Waals surface area contributed by atoms with Crippen LogP contribution in [0, 0.1) is 6.92 Å². The zero-order valence-electron chi connectivity index (χ0n) is 14.4. The smallest absolute Gasteiger partial charge is 0.232 e. The van der Waals surface area contributed by atoms with Crippen LogP contribution in [0.2, 0.25) is 5.02 Å². The Bertz CT molecular complexity index is 819. The highest BCUT2D eigenvalue weighted by molar-refractivity contribution is 6.30. The summed E-state index contributed by atoms with van der Waals surface area (Å²) in [6, 6.07) is 19.9. The number of hydrogen-bond acceptors (Lipinski definition) is 4. The molecule has 0 aliphatic heterocycles. The van der Waals surface area contributed by atoms with Crippen LogP contribution in [-0.4, -0.2) is 16.5 Å². The van der Waals surface area contributed by atoms with E-state index in [1.807, 2.05) is 55.5 Å². The monoisotopic (exact) mass is 352 g/mol. The molecule has 25 heavy (non-hydrogen) atoms. The minimum absolute atomic E-state index is 0.685. The molecular weight excluding hydrogens is 332 g/mol. The average Bonchev–Trinajstić information content (AvgIpc) is 2.62. The number of rotatable bonds is 6. The number of nitrogens with zero attached hydrogens (tertiary/aromatic N) is 3. The number of nitrogens with one attached hydrogen (secondary N) is 1. The van der Waals surface area contributed by atoms with Crippen LogP contribution in [0.4, 0.5) is 17.5 Å². The first-order valence-electron chi connectivity index (χ1n) is 8.32. The Morgan fingerprint density at radius 1 is 1.00 bits per heavy atom. The number of hydrogen-bond donors (Lipinski definition) is 1. The van der Waals surface area contributed by atoms with E-state index in [0.29, 0.717) is 12.5 Å². The fraction of sp³-hybridized carbons (Fsp3) is 0.200. The van der Waals surface area contributed by atoms with Gasteiger partial charge in [-0.15, -0.1) is 0 Å². The van der Waals surface area contributed by atoms with Crippen molar-refractivity contribution in [1.82, 2.24) is 9.97 Å². The maximum atomic E-state index is 5.93. The van der Waals surface area contributed by atoms with Crippen molar-refractivity contribution < 1.29 is 0 Å². The molecule has 0 unspecified atom stereocenters. The predicted octanol–water partition coefficient (Wildman–Crippen LogP) is 5.21. The Hall–Kier alpha value is -2.59. The molecule has 0 aliphatic rings. The highest BCUT2D eigenvalue weighted by Crippen LogP contribution is 2.23. The van der Waals surface area contributed by atoms with Crippen LogP contribution >= 0.6 is 11.6 Å². The molecule has 0 bridgehead atoms. The number of halogens is 1. The first-order valence-corrected chi connectivity index (χ1v) is 8.70. The summed E-state index contributed by atoms with van der Waals surface area (Å²) in [5, 5.41) is 4.11. The third-order valence-corrected chi connectivity index (χ3v) is 4.11. The molecule has 4 nitrogen and oxygen atoms in total. The molecule has 0 saturated heterocycles. The van der Waals surface area contributed by atoms with E-state index in [2.05, 4.69) is 34.3 Å². The van der Waals surface area contributed by atoms with Crippen molar-refractivity contribution in [2.75, 3.05) is 16.8 Å². The standard InChI is InChI=1S/C20H21ClN4/c1-3-25(18-7-5-4-6-8-18)20-23-15(2)13-19(24-20)22-14-16-9-11-17(21)12-10-16/h4-13H,3,14H2,1-2H3,(H,22,23,24). The molecule has 0 spiro atoms. The summed E-state index contributed by atoms with van der Waals surface area (Å²) in [6.45, 7) is 5.56. The molecular formula is C20H21ClN4. The lowest BCUT2D eigenvalue weighted by atomic mass is 10.2. The maximum absolute atomic E-state index is 5.93. The number of aryl methyl sites for hydroxylation is 1. The van der Waals surface area contributed by atoms with Gasteiger partial charge in [0.05, 0.1) is 0 Å². The van der Waals surface area contributed by atoms with Gasteiger partial charge in [0, 0.05) is 35.6 Å². The number of aromatic nitrogens is 2. The van der Waals surface area contributed by atoms with Crippen molar-refractivity contribution in [3.63, 3.8) is 0 Å². The molecule has 5 heteroatoms. The zero-order valence-corrected chi connectivity index (χ0v) is 15.2. The van der Waals surface area contributed by atoms with E-state index >= 15 is 0 Å². The van der Waals surface area contributed by atoms with Gasteiger partial charge >= 0.3 is 0 Å². The summed E-state index contributed by atoms with van der Waals surface area (Å²) in [5.41, 5.74) is 3.16. The second kappa shape index (κ2) is 7.99. The first-order chi connectivity index (χ1) is 12.2. The molecule has 0 saturated carbocycles. The molecule has 0 radical (unpaired) electrons. The second-order valence-corrected chi connectivity index (χ2v) is 6.19. The molecule has 3 rings (SSSR count). The van der Waals surface area contributed by atoms with Crippen LogP contribution in [-0.2, 0) is 6.54 Å². The zero-order chi connectivity index (χ0) is 17.6. The topological polar surface area (TPSA) is 41.1 Å². The van der Waals surface area contributed by atoms with Gasteiger partial charge in [0.2, 0.25) is 5.95 Å². The SMILES string of the molecule is CCN(c1ccccc1)c1nc(C)cc(NCc2ccc(Cl)cc2)n1. The molecule has 0 atom stereocenters. The van der Waals surface area contributed by atoms with Gasteiger partial charge in [-0.2, -0.15) is 4.98 Å². The minimum atomic E-state index is 0.685. The summed E-state index contributed by atoms with van der Waals surface area (Å²) in [7, 11) is 0. The van der Waals surface area contributed by atoms with Gasteiger partial charge in [0.1, 0.15) is 5.82 Å². The molecule has 128 valence electrons. The molecule has 1 N–H and O–H groups in total. The third-order valence-electron chi connectivity index (χ3n) is 3.85. The van der Waals surface area contributed by atoms with E-state index in [0.717, 1.165) is 34.3 Å². The summed E-state index contributed by atoms with van der Waals surface area (Å²) in [4.78, 5) is 11.4. The predicted molar refractivity (Wildman–Crippen MR) is 105 cm³/mol. The normalized spacial score (nSPS) is 10.5. The molecule has 2 aromatic carbocycles. The van der Waals surface area contributed by atoms with Crippen molar-refractivity contribution in [2.45, 2.75) is 20.4 Å². The summed E-state index contributed by atoms with van der Waals surface area (Å²) in [5.74, 6) is 1.51. The Labute approximate surface area is 153 Å². The first kappa shape index (κ1) is 17.2. The van der Waals surface area contributed by atoms with Gasteiger partial charge in [0.25, 0.3) is 0 Å². The maximum Gasteiger partial charge on any atom is 0.232 e. The Kier molecular flexibility index (Phi) is 5.51. The molecule has 0 aliphatic carbocycles. The van der Waals surface area contributed by atoms with Gasteiger partial charge in [0.15, 0.2) is 0 Å². The number of benzene rings is 2. The van der Waals surface area contributed by atoms with Gasteiger partial charge in [-0.1, -0.05) is 41.9 Å². The van der Waals surface area contributed by atoms with Crippen LogP contribution < -0.4 is 10.2 Å². The van der Waals surface area contributed by atoms with E-state index < -0.39 is 0 Å². The average molecular weight is 353 g/mol. The minimum Gasteiger partial charge on any atom is -0.366 e. The van der Waals surface area contributed by atoms with Gasteiger partial charge in [-0.05, 0) is 43.7 Å². The Morgan fingerprint density at radius 2 is 1.72 bits per heavy atom. The molecule has 1 heterocycles. The third kappa shape index (κ3) is 4.48. The van der Waals surface area contributed by atoms with Crippen molar-refractivity contribution >= 4 is 29.1 Å². The fourth-order valence-corrected chi connectivity index (χ4v) is 2.73. The van der Waals surface area contributed by atoms with Crippen molar-refractivity contribution in [1.29, 1.82) is 0 Å². The second-order valence-electron chi connectivity index (χ2n) is 5.75. The van der Waals surface area contributed by atoms with E-state index in [-0.39, 0.29) is 0 Å². The van der Waals surface area contributed by atoms with Crippen LogP contribution in [0.5, 0.6) is 0 Å². The highest BCUT2D eigenvalue weighted by Gasteiger charge is 2.11. The quantitative estimate of drug-likeness (QED) is 0.661. The van der Waals surface area contributed by atoms with Crippen molar-refractivity contribution in [3.8, 4) is 0 Å². The summed E-state index contributed by atoms with van der Waals surface area (Å²) in [6.07, 6.45) is 0. The van der Waals surface area contributed by atoms with Gasteiger partial charge in [-0.25, -0.2) is 4.98 Å². The molecule has 0 amide bonds. The molecule has 1 aromatic heterocycles. The Morgan fingerprint density at radius 3 is 2.40 bits per heavy atom. The number of anilines is 3. The van der Waals surface area contributed by atoms with Crippen LogP contribution in [0.1, 0.15) is 18.2 Å². The molecule has 0 fully saturated rings. The van der Waals surface area contributed by atoms with E-state index in [1.165, 1.54) is 0 Å². The lowest BCUT2D eigenvalue weighted by Crippen LogP contribution is -2.19. The van der Waals surface area contributed by atoms with E-state index in [9.17, 15) is 0 Å². The van der Waals surface area contributed by atoms with Gasteiger partial charge in [-0.3, -0.25) is 0 Å². The lowest BCUT2D eigenvalue weighted by molar-refractivity contribution is 0.930. The largest absolute Gasteiger partial charge is 0.366 e. The molecule has 3 aromatic rings. The van der Waals surface area contributed by atoms with E-state index in [4.69, 9.17) is 16.6 Å². The fourth-order valence-electron chi connectivity index (χ4n) is 2.61. The highest BCUT2D eigenvalue weighted by atomic mass is 35.5. The van der Waals surface area contributed by atoms with Crippen LogP contribution in [0.25, 0.3) is 0 Å². The number of para-hydroxylation sites is 1. The van der Waals surface area contributed by atoms with Crippen molar-refractivity contribution in [2.24, 2.45) is 0 Å². The van der Waals surface area contributed by atoms with Crippen molar-refractivity contribution in [3.05, 3.63) is 76.9 Å². The van der Waals surface area contributed by atoms with Crippen LogP contribution in [0.3, 0.4) is 0 Å². The van der Waals surface area contributed by atoms with Gasteiger partial charge < -0.3 is 10.2 Å². The van der Waals surface area contributed by atoms with E-state index in [1.54, 1.807) is 0 Å². The lowest BCUT2D eigenvalue weighted by Gasteiger charge is -2.22.